The van der Waals surface area contributed by atoms with E-state index < -0.39 is 12.0 Å². The molecule has 3 aromatic rings. The van der Waals surface area contributed by atoms with Crippen molar-refractivity contribution in [2.75, 3.05) is 27.1 Å². The maximum atomic E-state index is 13.5. The SMILES string of the molecule is COCCOC(=O)C1=C(C)N=C2SC=C(CC(=O)NCc3ccc4c(c3)OCO4)N2C1c1cccc(OCc2ccccc2)c1. The number of carbonyl (C=O) groups excluding carboxylic acids is 2. The van der Waals surface area contributed by atoms with Crippen molar-refractivity contribution in [2.24, 2.45) is 4.99 Å². The van der Waals surface area contributed by atoms with Gasteiger partial charge < -0.3 is 33.9 Å². The number of amidine groups is 1. The van der Waals surface area contributed by atoms with E-state index in [1.54, 1.807) is 14.0 Å². The van der Waals surface area contributed by atoms with Crippen molar-refractivity contribution in [3.8, 4) is 17.2 Å². The molecule has 1 atom stereocenters. The summed E-state index contributed by atoms with van der Waals surface area (Å²) in [5.41, 5.74) is 4.41. The number of carbonyl (C=O) groups is 2. The molecule has 3 aliphatic rings. The van der Waals surface area contributed by atoms with Gasteiger partial charge in [-0.25, -0.2) is 9.79 Å². The van der Waals surface area contributed by atoms with Crippen LogP contribution in [0.5, 0.6) is 17.2 Å². The molecule has 1 amide bonds. The number of esters is 1. The quantitative estimate of drug-likeness (QED) is 0.207. The van der Waals surface area contributed by atoms with E-state index in [4.69, 9.17) is 28.7 Å². The van der Waals surface area contributed by atoms with E-state index in [1.807, 2.05) is 83.1 Å². The topological polar surface area (TPSA) is 108 Å². The standard InChI is InChI=1S/C34H33N3O7S/c1-22-31(33(39)41-14-13-40-2)32(25-9-6-10-27(16-25)42-19-23-7-4-3-5-8-23)37-26(20-45-34(37)36-22)17-30(38)35-18-24-11-12-28-29(15-24)44-21-43-28/h3-12,15-16,20,32H,13-14,17-19,21H2,1-2H3,(H,35,38). The molecule has 0 fully saturated rings. The molecule has 0 aliphatic carbocycles. The molecule has 1 N–H and O–H groups in total. The molecule has 0 saturated carbocycles. The van der Waals surface area contributed by atoms with Gasteiger partial charge in [0.05, 0.1) is 30.3 Å². The van der Waals surface area contributed by atoms with E-state index in [-0.39, 0.29) is 32.3 Å². The minimum atomic E-state index is -0.587. The fourth-order valence-corrected chi connectivity index (χ4v) is 6.20. The number of amides is 1. The molecular formula is C34H33N3O7S. The molecule has 0 saturated heterocycles. The number of aliphatic imine (C=N–C) groups is 1. The predicted molar refractivity (Wildman–Crippen MR) is 169 cm³/mol. The summed E-state index contributed by atoms with van der Waals surface area (Å²) < 4.78 is 27.6. The summed E-state index contributed by atoms with van der Waals surface area (Å²) >= 11 is 1.42. The number of rotatable bonds is 12. The van der Waals surface area contributed by atoms with Crippen LogP contribution in [0.2, 0.25) is 0 Å². The molecule has 3 aromatic carbocycles. The summed E-state index contributed by atoms with van der Waals surface area (Å²) in [6, 6.07) is 22.6. The number of benzene rings is 3. The van der Waals surface area contributed by atoms with Crippen LogP contribution in [0.3, 0.4) is 0 Å². The normalized spacial score (nSPS) is 16.6. The van der Waals surface area contributed by atoms with Crippen LogP contribution >= 0.6 is 11.8 Å². The fraction of sp³-hybridized carbons (Fsp3) is 0.265. The van der Waals surface area contributed by atoms with Gasteiger partial charge in [-0.15, -0.1) is 0 Å². The molecule has 3 heterocycles. The molecule has 0 bridgehead atoms. The Balaban J connectivity index is 1.23. The van der Waals surface area contributed by atoms with Crippen molar-refractivity contribution < 1.29 is 33.3 Å². The maximum Gasteiger partial charge on any atom is 0.338 e. The second kappa shape index (κ2) is 13.9. The third-order valence-electron chi connectivity index (χ3n) is 7.43. The lowest BCUT2D eigenvalue weighted by Gasteiger charge is -2.36. The van der Waals surface area contributed by atoms with Crippen molar-refractivity contribution in [1.29, 1.82) is 0 Å². The second-order valence-electron chi connectivity index (χ2n) is 10.5. The molecule has 11 heteroatoms. The number of methoxy groups -OCH3 is 1. The molecule has 10 nitrogen and oxygen atoms in total. The van der Waals surface area contributed by atoms with Gasteiger partial charge in [0.15, 0.2) is 16.7 Å². The van der Waals surface area contributed by atoms with Gasteiger partial charge >= 0.3 is 5.97 Å². The number of ether oxygens (including phenoxy) is 5. The number of hydrogen-bond donors (Lipinski definition) is 1. The average Bonchev–Trinajstić information content (AvgIpc) is 3.69. The summed E-state index contributed by atoms with van der Waals surface area (Å²) in [5, 5.41) is 5.59. The van der Waals surface area contributed by atoms with E-state index in [0.29, 0.717) is 46.8 Å². The number of hydrogen-bond acceptors (Lipinski definition) is 10. The summed E-state index contributed by atoms with van der Waals surface area (Å²) in [6.07, 6.45) is 0.0856. The Morgan fingerprint density at radius 2 is 1.84 bits per heavy atom. The molecule has 3 aliphatic heterocycles. The minimum absolute atomic E-state index is 0.0856. The highest BCUT2D eigenvalue weighted by molar-refractivity contribution is 8.16. The number of allylic oxidation sites excluding steroid dienone is 1. The van der Waals surface area contributed by atoms with E-state index in [0.717, 1.165) is 22.4 Å². The Morgan fingerprint density at radius 1 is 1.00 bits per heavy atom. The molecule has 0 spiro atoms. The molecular weight excluding hydrogens is 594 g/mol. The van der Waals surface area contributed by atoms with Gasteiger partial charge in [0, 0.05) is 19.4 Å². The first-order chi connectivity index (χ1) is 22.0. The fourth-order valence-electron chi connectivity index (χ4n) is 5.24. The summed E-state index contributed by atoms with van der Waals surface area (Å²) in [5.74, 6) is 1.35. The van der Waals surface area contributed by atoms with E-state index >= 15 is 0 Å². The molecule has 45 heavy (non-hydrogen) atoms. The first-order valence-corrected chi connectivity index (χ1v) is 15.4. The Labute approximate surface area is 265 Å². The van der Waals surface area contributed by atoms with Crippen molar-refractivity contribution in [2.45, 2.75) is 32.5 Å². The van der Waals surface area contributed by atoms with Crippen LogP contribution < -0.4 is 19.5 Å². The van der Waals surface area contributed by atoms with Crippen LogP contribution in [-0.2, 0) is 32.2 Å². The van der Waals surface area contributed by atoms with Crippen molar-refractivity contribution in [3.05, 3.63) is 112 Å². The largest absolute Gasteiger partial charge is 0.489 e. The van der Waals surface area contributed by atoms with E-state index in [1.165, 1.54) is 11.8 Å². The van der Waals surface area contributed by atoms with Crippen LogP contribution in [0.25, 0.3) is 0 Å². The highest BCUT2D eigenvalue weighted by Crippen LogP contribution is 2.45. The number of thioether (sulfide) groups is 1. The van der Waals surface area contributed by atoms with Gasteiger partial charge in [-0.3, -0.25) is 4.79 Å². The molecule has 0 radical (unpaired) electrons. The minimum Gasteiger partial charge on any atom is -0.489 e. The maximum absolute atomic E-state index is 13.5. The van der Waals surface area contributed by atoms with Crippen LogP contribution in [0.15, 0.2) is 100 Å². The second-order valence-corrected chi connectivity index (χ2v) is 11.3. The first-order valence-electron chi connectivity index (χ1n) is 14.5. The number of nitrogens with zero attached hydrogens (tertiary/aromatic N) is 2. The third-order valence-corrected chi connectivity index (χ3v) is 8.32. The van der Waals surface area contributed by atoms with Crippen LogP contribution in [0.1, 0.15) is 36.1 Å². The van der Waals surface area contributed by atoms with Gasteiger partial charge in [0.25, 0.3) is 0 Å². The lowest BCUT2D eigenvalue weighted by atomic mass is 9.93. The molecule has 6 rings (SSSR count). The third kappa shape index (κ3) is 7.00. The zero-order chi connectivity index (χ0) is 31.2. The summed E-state index contributed by atoms with van der Waals surface area (Å²) in [4.78, 5) is 33.5. The number of nitrogens with one attached hydrogen (secondary N) is 1. The van der Waals surface area contributed by atoms with Crippen molar-refractivity contribution in [1.82, 2.24) is 10.2 Å². The molecule has 1 unspecified atom stereocenters. The van der Waals surface area contributed by atoms with E-state index in [2.05, 4.69) is 5.32 Å². The van der Waals surface area contributed by atoms with Crippen LogP contribution in [-0.4, -0.2) is 49.1 Å². The highest BCUT2D eigenvalue weighted by Gasteiger charge is 2.41. The lowest BCUT2D eigenvalue weighted by molar-refractivity contribution is -0.141. The summed E-state index contributed by atoms with van der Waals surface area (Å²) in [7, 11) is 1.55. The van der Waals surface area contributed by atoms with Crippen molar-refractivity contribution in [3.63, 3.8) is 0 Å². The zero-order valence-electron chi connectivity index (χ0n) is 25.0. The van der Waals surface area contributed by atoms with Gasteiger partial charge in [-0.2, -0.15) is 0 Å². The highest BCUT2D eigenvalue weighted by atomic mass is 32.2. The monoisotopic (exact) mass is 627 g/mol. The van der Waals surface area contributed by atoms with Gasteiger partial charge in [-0.05, 0) is 53.3 Å². The smallest absolute Gasteiger partial charge is 0.338 e. The Kier molecular flexibility index (Phi) is 9.37. The van der Waals surface area contributed by atoms with Gasteiger partial charge in [-0.1, -0.05) is 60.3 Å². The van der Waals surface area contributed by atoms with Crippen LogP contribution in [0, 0.1) is 0 Å². The molecule has 0 aromatic heterocycles. The van der Waals surface area contributed by atoms with Gasteiger partial charge in [0.2, 0.25) is 12.7 Å². The Morgan fingerprint density at radius 3 is 2.69 bits per heavy atom. The van der Waals surface area contributed by atoms with Crippen LogP contribution in [0.4, 0.5) is 0 Å². The van der Waals surface area contributed by atoms with Gasteiger partial charge in [0.1, 0.15) is 19.0 Å². The van der Waals surface area contributed by atoms with Crippen molar-refractivity contribution >= 4 is 28.8 Å². The Bertz CT molecular complexity index is 1670. The first kappa shape index (κ1) is 30.3. The predicted octanol–water partition coefficient (Wildman–Crippen LogP) is 5.47. The zero-order valence-corrected chi connectivity index (χ0v) is 25.8. The molecule has 232 valence electrons. The Hall–Kier alpha value is -4.74. The van der Waals surface area contributed by atoms with E-state index in [9.17, 15) is 9.59 Å². The summed E-state index contributed by atoms with van der Waals surface area (Å²) in [6.45, 7) is 3.10. The number of fused-ring (bicyclic) bond motifs is 2. The lowest BCUT2D eigenvalue weighted by Crippen LogP contribution is -2.38. The average molecular weight is 628 g/mol.